The van der Waals surface area contributed by atoms with E-state index in [1.807, 2.05) is 28.9 Å². The van der Waals surface area contributed by atoms with Crippen molar-refractivity contribution in [1.82, 2.24) is 14.9 Å². The molecule has 0 unspecified atom stereocenters. The van der Waals surface area contributed by atoms with E-state index in [1.54, 1.807) is 0 Å². The average molecular weight is 283 g/mol. The Bertz CT molecular complexity index is 575. The molecule has 0 spiro atoms. The SMILES string of the molecule is CCCc1n[nH]c(=S)n1NCc1ccccc1Cl. The van der Waals surface area contributed by atoms with Gasteiger partial charge in [-0.25, -0.2) is 4.68 Å². The van der Waals surface area contributed by atoms with E-state index in [4.69, 9.17) is 23.8 Å². The lowest BCUT2D eigenvalue weighted by Gasteiger charge is -2.10. The lowest BCUT2D eigenvalue weighted by molar-refractivity contribution is 0.731. The zero-order valence-corrected chi connectivity index (χ0v) is 11.7. The molecule has 0 atom stereocenters. The van der Waals surface area contributed by atoms with Gasteiger partial charge in [0.2, 0.25) is 4.77 Å². The Morgan fingerprint density at radius 1 is 1.44 bits per heavy atom. The zero-order chi connectivity index (χ0) is 13.0. The second-order valence-electron chi connectivity index (χ2n) is 3.96. The second-order valence-corrected chi connectivity index (χ2v) is 4.75. The van der Waals surface area contributed by atoms with E-state index in [1.165, 1.54) is 0 Å². The van der Waals surface area contributed by atoms with E-state index in [9.17, 15) is 0 Å². The normalized spacial score (nSPS) is 10.6. The van der Waals surface area contributed by atoms with Crippen LogP contribution < -0.4 is 5.43 Å². The van der Waals surface area contributed by atoms with E-state index >= 15 is 0 Å². The minimum absolute atomic E-state index is 0.575. The molecule has 0 amide bonds. The third kappa shape index (κ3) is 2.91. The number of halogens is 1. The molecule has 0 bridgehead atoms. The predicted octanol–water partition coefficient (Wildman–Crippen LogP) is 3.29. The summed E-state index contributed by atoms with van der Waals surface area (Å²) in [7, 11) is 0. The van der Waals surface area contributed by atoms with Crippen LogP contribution in [0.2, 0.25) is 5.02 Å². The van der Waals surface area contributed by atoms with E-state index in [-0.39, 0.29) is 0 Å². The summed E-state index contributed by atoms with van der Waals surface area (Å²) in [6.45, 7) is 2.72. The number of nitrogens with zero attached hydrogens (tertiary/aromatic N) is 2. The van der Waals surface area contributed by atoms with Crippen LogP contribution in [0.15, 0.2) is 24.3 Å². The first-order chi connectivity index (χ1) is 8.72. The molecule has 1 aromatic heterocycles. The second kappa shape index (κ2) is 6.02. The smallest absolute Gasteiger partial charge is 0.214 e. The number of hydrogen-bond donors (Lipinski definition) is 2. The van der Waals surface area contributed by atoms with Crippen LogP contribution in [0.1, 0.15) is 24.7 Å². The van der Waals surface area contributed by atoms with Crippen molar-refractivity contribution in [3.05, 3.63) is 45.4 Å². The summed E-state index contributed by atoms with van der Waals surface area (Å²) in [5, 5.41) is 7.73. The van der Waals surface area contributed by atoms with Gasteiger partial charge in [-0.3, -0.25) is 5.10 Å². The summed E-state index contributed by atoms with van der Waals surface area (Å²) >= 11 is 11.3. The van der Waals surface area contributed by atoms with Crippen LogP contribution in [-0.4, -0.2) is 14.9 Å². The number of benzene rings is 1. The number of hydrogen-bond acceptors (Lipinski definition) is 3. The fourth-order valence-corrected chi connectivity index (χ4v) is 2.11. The van der Waals surface area contributed by atoms with Gasteiger partial charge in [0, 0.05) is 11.4 Å². The minimum atomic E-state index is 0.575. The molecule has 96 valence electrons. The van der Waals surface area contributed by atoms with Crippen molar-refractivity contribution >= 4 is 23.8 Å². The van der Waals surface area contributed by atoms with Crippen LogP contribution in [0.5, 0.6) is 0 Å². The van der Waals surface area contributed by atoms with Gasteiger partial charge in [-0.2, -0.15) is 5.10 Å². The van der Waals surface area contributed by atoms with Gasteiger partial charge in [0.1, 0.15) is 0 Å². The van der Waals surface area contributed by atoms with Crippen molar-refractivity contribution in [1.29, 1.82) is 0 Å². The minimum Gasteiger partial charge on any atom is -0.318 e. The summed E-state index contributed by atoms with van der Waals surface area (Å²) in [6, 6.07) is 7.74. The van der Waals surface area contributed by atoms with Gasteiger partial charge in [0.05, 0.1) is 6.54 Å². The summed E-state index contributed by atoms with van der Waals surface area (Å²) in [5.41, 5.74) is 4.27. The van der Waals surface area contributed by atoms with Crippen molar-refractivity contribution < 1.29 is 0 Å². The number of aromatic amines is 1. The molecule has 0 fully saturated rings. The molecular weight excluding hydrogens is 268 g/mol. The molecule has 0 radical (unpaired) electrons. The van der Waals surface area contributed by atoms with Gasteiger partial charge < -0.3 is 5.43 Å². The van der Waals surface area contributed by atoms with Gasteiger partial charge in [-0.15, -0.1) is 0 Å². The Labute approximate surface area is 116 Å². The molecule has 6 heteroatoms. The van der Waals surface area contributed by atoms with Crippen molar-refractivity contribution in [3.8, 4) is 0 Å². The highest BCUT2D eigenvalue weighted by Crippen LogP contribution is 2.14. The summed E-state index contributed by atoms with van der Waals surface area (Å²) in [5.74, 6) is 0.912. The summed E-state index contributed by atoms with van der Waals surface area (Å²) in [4.78, 5) is 0. The van der Waals surface area contributed by atoms with Crippen molar-refractivity contribution in [2.45, 2.75) is 26.3 Å². The Hall–Kier alpha value is -1.33. The molecule has 0 aliphatic carbocycles. The predicted molar refractivity (Wildman–Crippen MR) is 75.9 cm³/mol. The third-order valence-corrected chi connectivity index (χ3v) is 3.24. The molecule has 0 saturated carbocycles. The van der Waals surface area contributed by atoms with Crippen LogP contribution >= 0.6 is 23.8 Å². The van der Waals surface area contributed by atoms with Crippen LogP contribution in [0, 0.1) is 4.77 Å². The van der Waals surface area contributed by atoms with Crippen LogP contribution in [-0.2, 0) is 13.0 Å². The molecule has 0 aliphatic heterocycles. The maximum Gasteiger partial charge on any atom is 0.214 e. The maximum absolute atomic E-state index is 6.11. The molecule has 0 aliphatic rings. The molecule has 18 heavy (non-hydrogen) atoms. The van der Waals surface area contributed by atoms with Crippen LogP contribution in [0.4, 0.5) is 0 Å². The first-order valence-corrected chi connectivity index (χ1v) is 6.64. The molecule has 2 aromatic rings. The fraction of sp³-hybridized carbons (Fsp3) is 0.333. The number of rotatable bonds is 5. The van der Waals surface area contributed by atoms with E-state index in [0.717, 1.165) is 29.3 Å². The first kappa shape index (κ1) is 13.1. The Morgan fingerprint density at radius 3 is 2.94 bits per heavy atom. The maximum atomic E-state index is 6.11. The van der Waals surface area contributed by atoms with Gasteiger partial charge in [0.15, 0.2) is 5.82 Å². The van der Waals surface area contributed by atoms with Crippen molar-refractivity contribution in [3.63, 3.8) is 0 Å². The molecule has 0 saturated heterocycles. The Morgan fingerprint density at radius 2 is 2.22 bits per heavy atom. The van der Waals surface area contributed by atoms with Gasteiger partial charge in [0.25, 0.3) is 0 Å². The van der Waals surface area contributed by atoms with E-state index in [2.05, 4.69) is 22.5 Å². The molecule has 1 heterocycles. The molecule has 4 nitrogen and oxygen atoms in total. The topological polar surface area (TPSA) is 45.6 Å². The lowest BCUT2D eigenvalue weighted by Crippen LogP contribution is -2.17. The van der Waals surface area contributed by atoms with Crippen molar-refractivity contribution in [2.24, 2.45) is 0 Å². The number of H-pyrrole nitrogens is 1. The van der Waals surface area contributed by atoms with Crippen molar-refractivity contribution in [2.75, 3.05) is 5.43 Å². The lowest BCUT2D eigenvalue weighted by atomic mass is 10.2. The zero-order valence-electron chi connectivity index (χ0n) is 10.1. The quantitative estimate of drug-likeness (QED) is 0.827. The summed E-state index contributed by atoms with van der Waals surface area (Å²) < 4.78 is 2.38. The third-order valence-electron chi connectivity index (χ3n) is 2.60. The average Bonchev–Trinajstić information content (AvgIpc) is 2.70. The Balaban J connectivity index is 2.13. The molecular formula is C12H15ClN4S. The van der Waals surface area contributed by atoms with Crippen LogP contribution in [0.3, 0.4) is 0 Å². The van der Waals surface area contributed by atoms with Gasteiger partial charge >= 0.3 is 0 Å². The number of nitrogens with one attached hydrogen (secondary N) is 2. The monoisotopic (exact) mass is 282 g/mol. The summed E-state index contributed by atoms with van der Waals surface area (Å²) in [6.07, 6.45) is 1.90. The largest absolute Gasteiger partial charge is 0.318 e. The van der Waals surface area contributed by atoms with E-state index < -0.39 is 0 Å². The standard InChI is InChI=1S/C12H15ClN4S/c1-2-5-11-15-16-12(18)17(11)14-8-9-6-3-4-7-10(9)13/h3-4,6-7,14H,2,5,8H2,1H3,(H,16,18). The highest BCUT2D eigenvalue weighted by molar-refractivity contribution is 7.71. The number of aryl methyl sites for hydroxylation is 1. The van der Waals surface area contributed by atoms with Gasteiger partial charge in [-0.1, -0.05) is 36.7 Å². The fourth-order valence-electron chi connectivity index (χ4n) is 1.69. The molecule has 2 rings (SSSR count). The first-order valence-electron chi connectivity index (χ1n) is 5.86. The van der Waals surface area contributed by atoms with E-state index in [0.29, 0.717) is 11.3 Å². The highest BCUT2D eigenvalue weighted by atomic mass is 35.5. The number of aromatic nitrogens is 3. The highest BCUT2D eigenvalue weighted by Gasteiger charge is 2.05. The Kier molecular flexibility index (Phi) is 4.38. The van der Waals surface area contributed by atoms with Gasteiger partial charge in [-0.05, 0) is 30.3 Å². The molecule has 2 N–H and O–H groups in total. The van der Waals surface area contributed by atoms with Crippen LogP contribution in [0.25, 0.3) is 0 Å². The molecule has 1 aromatic carbocycles.